The van der Waals surface area contributed by atoms with Crippen LogP contribution in [0.25, 0.3) is 0 Å². The maximum absolute atomic E-state index is 12.3. The molecule has 0 bridgehead atoms. The van der Waals surface area contributed by atoms with Gasteiger partial charge in [-0.3, -0.25) is 9.59 Å². The summed E-state index contributed by atoms with van der Waals surface area (Å²) < 4.78 is 5.42. The third-order valence-corrected chi connectivity index (χ3v) is 3.82. The van der Waals surface area contributed by atoms with Crippen molar-refractivity contribution in [3.63, 3.8) is 0 Å². The summed E-state index contributed by atoms with van der Waals surface area (Å²) in [4.78, 5) is 23.3. The van der Waals surface area contributed by atoms with Gasteiger partial charge in [-0.15, -0.1) is 0 Å². The van der Waals surface area contributed by atoms with Crippen LogP contribution in [0.5, 0.6) is 5.75 Å². The lowest BCUT2D eigenvalue weighted by Gasteiger charge is -2.13. The van der Waals surface area contributed by atoms with E-state index in [2.05, 4.69) is 24.5 Å². The Balaban J connectivity index is 2.03. The number of hydrogen-bond acceptors (Lipinski definition) is 3. The summed E-state index contributed by atoms with van der Waals surface area (Å²) in [6.07, 6.45) is 0.231. The molecule has 2 aromatic carbocycles. The lowest BCUT2D eigenvalue weighted by atomic mass is 9.99. The van der Waals surface area contributed by atoms with Crippen LogP contribution in [0.3, 0.4) is 0 Å². The van der Waals surface area contributed by atoms with Gasteiger partial charge in [-0.2, -0.15) is 0 Å². The lowest BCUT2D eigenvalue weighted by Crippen LogP contribution is -2.15. The van der Waals surface area contributed by atoms with Crippen molar-refractivity contribution in [2.45, 2.75) is 33.1 Å². The zero-order valence-electron chi connectivity index (χ0n) is 15.1. The number of ether oxygens (including phenoxy) is 1. The van der Waals surface area contributed by atoms with Gasteiger partial charge in [-0.1, -0.05) is 26.0 Å². The number of benzene rings is 2. The van der Waals surface area contributed by atoms with Crippen molar-refractivity contribution in [1.29, 1.82) is 0 Å². The number of nitrogens with one attached hydrogen (secondary N) is 2. The molecule has 0 radical (unpaired) electrons. The van der Waals surface area contributed by atoms with Gasteiger partial charge < -0.3 is 15.4 Å². The zero-order valence-corrected chi connectivity index (χ0v) is 15.1. The van der Waals surface area contributed by atoms with Crippen LogP contribution in [0.2, 0.25) is 0 Å². The standard InChI is InChI=1S/C20H24N2O3/c1-13(2)15-5-6-16(19(11-15)25-4)12-20(24)22-18-9-7-17(8-10-18)21-14(3)23/h5-11,13H,12H2,1-4H3,(H,21,23)(H,22,24). The van der Waals surface area contributed by atoms with Crippen LogP contribution in [0.15, 0.2) is 42.5 Å². The number of hydrogen-bond donors (Lipinski definition) is 2. The second-order valence-corrected chi connectivity index (χ2v) is 6.21. The molecule has 0 aliphatic heterocycles. The Kier molecular flexibility index (Phi) is 6.17. The first-order valence-corrected chi connectivity index (χ1v) is 8.23. The molecular formula is C20H24N2O3. The monoisotopic (exact) mass is 340 g/mol. The Morgan fingerprint density at radius 1 is 1.00 bits per heavy atom. The summed E-state index contributed by atoms with van der Waals surface area (Å²) in [6.45, 7) is 5.69. The second kappa shape index (κ2) is 8.33. The molecule has 132 valence electrons. The topological polar surface area (TPSA) is 67.4 Å². The zero-order chi connectivity index (χ0) is 18.4. The summed E-state index contributed by atoms with van der Waals surface area (Å²) in [5, 5.41) is 5.54. The van der Waals surface area contributed by atoms with E-state index in [1.807, 2.05) is 18.2 Å². The Labute approximate surface area is 148 Å². The highest BCUT2D eigenvalue weighted by atomic mass is 16.5. The molecule has 5 nitrogen and oxygen atoms in total. The highest BCUT2D eigenvalue weighted by Crippen LogP contribution is 2.25. The van der Waals surface area contributed by atoms with Crippen molar-refractivity contribution in [2.24, 2.45) is 0 Å². The molecule has 0 aromatic heterocycles. The van der Waals surface area contributed by atoms with Crippen LogP contribution in [0, 0.1) is 0 Å². The molecule has 2 N–H and O–H groups in total. The van der Waals surface area contributed by atoms with Gasteiger partial charge in [0.05, 0.1) is 13.5 Å². The number of rotatable bonds is 6. The average Bonchev–Trinajstić information content (AvgIpc) is 2.56. The van der Waals surface area contributed by atoms with E-state index in [-0.39, 0.29) is 18.2 Å². The quantitative estimate of drug-likeness (QED) is 0.836. The van der Waals surface area contributed by atoms with Crippen molar-refractivity contribution in [3.8, 4) is 5.75 Å². The van der Waals surface area contributed by atoms with Gasteiger partial charge in [-0.05, 0) is 41.8 Å². The molecule has 2 amide bonds. The molecule has 0 aliphatic rings. The van der Waals surface area contributed by atoms with E-state index in [1.54, 1.807) is 31.4 Å². The fourth-order valence-corrected chi connectivity index (χ4v) is 2.48. The van der Waals surface area contributed by atoms with Crippen LogP contribution in [-0.2, 0) is 16.0 Å². The number of amides is 2. The molecule has 2 aromatic rings. The normalized spacial score (nSPS) is 10.4. The van der Waals surface area contributed by atoms with Crippen molar-refractivity contribution >= 4 is 23.2 Å². The Hall–Kier alpha value is -2.82. The molecular weight excluding hydrogens is 316 g/mol. The largest absolute Gasteiger partial charge is 0.496 e. The first kappa shape index (κ1) is 18.5. The number of methoxy groups -OCH3 is 1. The van der Waals surface area contributed by atoms with Gasteiger partial charge in [0.1, 0.15) is 5.75 Å². The van der Waals surface area contributed by atoms with Crippen LogP contribution >= 0.6 is 0 Å². The maximum Gasteiger partial charge on any atom is 0.228 e. The molecule has 0 saturated carbocycles. The minimum absolute atomic E-state index is 0.122. The molecule has 25 heavy (non-hydrogen) atoms. The van der Waals surface area contributed by atoms with Crippen molar-refractivity contribution in [2.75, 3.05) is 17.7 Å². The van der Waals surface area contributed by atoms with Crippen molar-refractivity contribution in [1.82, 2.24) is 0 Å². The van der Waals surface area contributed by atoms with E-state index in [1.165, 1.54) is 12.5 Å². The number of anilines is 2. The van der Waals surface area contributed by atoms with Gasteiger partial charge >= 0.3 is 0 Å². The minimum Gasteiger partial charge on any atom is -0.496 e. The lowest BCUT2D eigenvalue weighted by molar-refractivity contribution is -0.116. The Morgan fingerprint density at radius 3 is 2.12 bits per heavy atom. The summed E-state index contributed by atoms with van der Waals surface area (Å²) in [7, 11) is 1.61. The smallest absolute Gasteiger partial charge is 0.228 e. The van der Waals surface area contributed by atoms with Crippen LogP contribution in [0.4, 0.5) is 11.4 Å². The molecule has 0 spiro atoms. The predicted octanol–water partition coefficient (Wildman–Crippen LogP) is 3.96. The third kappa shape index (κ3) is 5.35. The fraction of sp³-hybridized carbons (Fsp3) is 0.300. The average molecular weight is 340 g/mol. The first-order valence-electron chi connectivity index (χ1n) is 8.23. The number of carbonyl (C=O) groups is 2. The second-order valence-electron chi connectivity index (χ2n) is 6.21. The highest BCUT2D eigenvalue weighted by Gasteiger charge is 2.11. The molecule has 5 heteroatoms. The summed E-state index contributed by atoms with van der Waals surface area (Å²) in [5.41, 5.74) is 3.39. The van der Waals surface area contributed by atoms with Gasteiger partial charge in [0.15, 0.2) is 0 Å². The Morgan fingerprint density at radius 2 is 1.60 bits per heavy atom. The third-order valence-electron chi connectivity index (χ3n) is 3.82. The Bertz CT molecular complexity index is 752. The molecule has 2 rings (SSSR count). The van der Waals surface area contributed by atoms with E-state index in [4.69, 9.17) is 4.74 Å². The SMILES string of the molecule is COc1cc(C(C)C)ccc1CC(=O)Nc1ccc(NC(C)=O)cc1. The molecule has 0 fully saturated rings. The molecule has 0 heterocycles. The van der Waals surface area contributed by atoms with Crippen LogP contribution < -0.4 is 15.4 Å². The first-order chi connectivity index (χ1) is 11.9. The van der Waals surface area contributed by atoms with E-state index < -0.39 is 0 Å². The maximum atomic E-state index is 12.3. The van der Waals surface area contributed by atoms with Gasteiger partial charge in [0, 0.05) is 23.9 Å². The molecule has 0 aliphatic carbocycles. The minimum atomic E-state index is -0.131. The molecule has 0 saturated heterocycles. The van der Waals surface area contributed by atoms with Gasteiger partial charge in [0.2, 0.25) is 11.8 Å². The van der Waals surface area contributed by atoms with Crippen LogP contribution in [-0.4, -0.2) is 18.9 Å². The van der Waals surface area contributed by atoms with Gasteiger partial charge in [-0.25, -0.2) is 0 Å². The van der Waals surface area contributed by atoms with E-state index in [0.717, 1.165) is 11.3 Å². The summed E-state index contributed by atoms with van der Waals surface area (Å²) in [5.74, 6) is 0.873. The van der Waals surface area contributed by atoms with Crippen LogP contribution in [0.1, 0.15) is 37.8 Å². The van der Waals surface area contributed by atoms with Crippen molar-refractivity contribution in [3.05, 3.63) is 53.6 Å². The molecule has 0 unspecified atom stereocenters. The summed E-state index contributed by atoms with van der Waals surface area (Å²) in [6, 6.07) is 12.9. The summed E-state index contributed by atoms with van der Waals surface area (Å²) >= 11 is 0. The number of carbonyl (C=O) groups excluding carboxylic acids is 2. The highest BCUT2D eigenvalue weighted by molar-refractivity contribution is 5.93. The van der Waals surface area contributed by atoms with E-state index in [9.17, 15) is 9.59 Å². The predicted molar refractivity (Wildman–Crippen MR) is 100 cm³/mol. The van der Waals surface area contributed by atoms with E-state index in [0.29, 0.717) is 17.3 Å². The fourth-order valence-electron chi connectivity index (χ4n) is 2.48. The van der Waals surface area contributed by atoms with Gasteiger partial charge in [0.25, 0.3) is 0 Å². The van der Waals surface area contributed by atoms with E-state index >= 15 is 0 Å². The van der Waals surface area contributed by atoms with Crippen molar-refractivity contribution < 1.29 is 14.3 Å². The molecule has 0 atom stereocenters.